The van der Waals surface area contributed by atoms with Gasteiger partial charge in [-0.2, -0.15) is 0 Å². The number of hydrogen-bond acceptors (Lipinski definition) is 9. The van der Waals surface area contributed by atoms with E-state index < -0.39 is 53.6 Å². The van der Waals surface area contributed by atoms with Crippen LogP contribution in [0.3, 0.4) is 0 Å². The van der Waals surface area contributed by atoms with Gasteiger partial charge in [0.25, 0.3) is 6.29 Å². The monoisotopic (exact) mass is 415 g/mol. The Kier molecular flexibility index (Phi) is 3.91. The van der Waals surface area contributed by atoms with E-state index in [0.29, 0.717) is 17.2 Å². The van der Waals surface area contributed by atoms with Crippen molar-refractivity contribution in [2.75, 3.05) is 11.7 Å². The summed E-state index contributed by atoms with van der Waals surface area (Å²) in [5.74, 6) is -3.34. The predicted molar refractivity (Wildman–Crippen MR) is 96.1 cm³/mol. The van der Waals surface area contributed by atoms with Crippen LogP contribution >= 0.6 is 0 Å². The third kappa shape index (κ3) is 2.46. The van der Waals surface area contributed by atoms with E-state index in [1.807, 2.05) is 0 Å². The Morgan fingerprint density at radius 1 is 1.10 bits per heavy atom. The van der Waals surface area contributed by atoms with Gasteiger partial charge in [0, 0.05) is 19.9 Å². The lowest BCUT2D eigenvalue weighted by molar-refractivity contribution is -0.226. The van der Waals surface area contributed by atoms with E-state index >= 15 is 0 Å². The molecule has 2 amide bonds. The van der Waals surface area contributed by atoms with Crippen molar-refractivity contribution < 1.29 is 42.9 Å². The van der Waals surface area contributed by atoms with Crippen molar-refractivity contribution in [1.29, 1.82) is 0 Å². The molecule has 0 spiro atoms. The second-order valence-electron chi connectivity index (χ2n) is 7.40. The SMILES string of the molecule is CC(=O)OC(OC(C)=O)C12C=CC(O1)C1C(=O)N(c3ccc4c(c3)OCO4)C(=O)C12. The highest BCUT2D eigenvalue weighted by molar-refractivity contribution is 6.23. The van der Waals surface area contributed by atoms with E-state index in [1.54, 1.807) is 24.3 Å². The number of fused-ring (bicyclic) bond motifs is 6. The number of ether oxygens (including phenoxy) is 5. The number of esters is 2. The smallest absolute Gasteiger partial charge is 0.305 e. The van der Waals surface area contributed by atoms with Gasteiger partial charge in [-0.25, -0.2) is 4.90 Å². The summed E-state index contributed by atoms with van der Waals surface area (Å²) in [4.78, 5) is 50.9. The minimum Gasteiger partial charge on any atom is -0.454 e. The van der Waals surface area contributed by atoms with Gasteiger partial charge in [0.1, 0.15) is 0 Å². The second-order valence-corrected chi connectivity index (χ2v) is 7.40. The van der Waals surface area contributed by atoms with Crippen LogP contribution in [0.25, 0.3) is 0 Å². The molecule has 0 aliphatic carbocycles. The molecule has 4 aliphatic rings. The zero-order valence-corrected chi connectivity index (χ0v) is 16.0. The Hall–Kier alpha value is -3.40. The largest absolute Gasteiger partial charge is 0.454 e. The van der Waals surface area contributed by atoms with Crippen LogP contribution in [0.4, 0.5) is 5.69 Å². The summed E-state index contributed by atoms with van der Waals surface area (Å²) in [6.45, 7) is 2.36. The molecular formula is C20H17NO9. The minimum absolute atomic E-state index is 0.0569. The molecular weight excluding hydrogens is 398 g/mol. The summed E-state index contributed by atoms with van der Waals surface area (Å²) in [5.41, 5.74) is -1.25. The zero-order chi connectivity index (χ0) is 21.2. The van der Waals surface area contributed by atoms with E-state index in [-0.39, 0.29) is 6.79 Å². The Morgan fingerprint density at radius 3 is 2.50 bits per heavy atom. The van der Waals surface area contributed by atoms with Crippen molar-refractivity contribution in [2.45, 2.75) is 31.8 Å². The molecule has 0 aromatic heterocycles. The van der Waals surface area contributed by atoms with Crippen LogP contribution in [0.2, 0.25) is 0 Å². The van der Waals surface area contributed by atoms with Gasteiger partial charge in [0.05, 0.1) is 23.6 Å². The van der Waals surface area contributed by atoms with E-state index in [4.69, 9.17) is 23.7 Å². The number of amides is 2. The Balaban J connectivity index is 1.53. The average molecular weight is 415 g/mol. The van der Waals surface area contributed by atoms with Crippen LogP contribution in [-0.4, -0.2) is 48.5 Å². The summed E-state index contributed by atoms with van der Waals surface area (Å²) < 4.78 is 26.9. The molecule has 30 heavy (non-hydrogen) atoms. The molecule has 156 valence electrons. The lowest BCUT2D eigenvalue weighted by atomic mass is 9.76. The van der Waals surface area contributed by atoms with E-state index in [1.165, 1.54) is 6.08 Å². The number of imide groups is 1. The van der Waals surface area contributed by atoms with Crippen molar-refractivity contribution in [3.05, 3.63) is 30.4 Å². The van der Waals surface area contributed by atoms with E-state index in [0.717, 1.165) is 18.7 Å². The molecule has 4 atom stereocenters. The molecule has 4 unspecified atom stereocenters. The van der Waals surface area contributed by atoms with Crippen molar-refractivity contribution in [3.63, 3.8) is 0 Å². The highest BCUT2D eigenvalue weighted by Gasteiger charge is 2.72. The quantitative estimate of drug-likeness (QED) is 0.303. The van der Waals surface area contributed by atoms with Crippen molar-refractivity contribution >= 4 is 29.4 Å². The molecule has 1 aromatic rings. The predicted octanol–water partition coefficient (Wildman–Crippen LogP) is 0.681. The molecule has 10 heteroatoms. The maximum Gasteiger partial charge on any atom is 0.305 e. The highest BCUT2D eigenvalue weighted by atomic mass is 16.7. The van der Waals surface area contributed by atoms with Gasteiger partial charge in [-0.3, -0.25) is 19.2 Å². The molecule has 2 bridgehead atoms. The van der Waals surface area contributed by atoms with E-state index in [2.05, 4.69) is 0 Å². The maximum absolute atomic E-state index is 13.4. The first-order chi connectivity index (χ1) is 14.3. The van der Waals surface area contributed by atoms with Crippen molar-refractivity contribution in [1.82, 2.24) is 0 Å². The second kappa shape index (κ2) is 6.30. The van der Waals surface area contributed by atoms with Crippen LogP contribution in [-0.2, 0) is 33.4 Å². The van der Waals surface area contributed by atoms with Crippen LogP contribution < -0.4 is 14.4 Å². The van der Waals surface area contributed by atoms with Crippen LogP contribution in [0.1, 0.15) is 13.8 Å². The van der Waals surface area contributed by atoms with Crippen molar-refractivity contribution in [2.24, 2.45) is 11.8 Å². The van der Waals surface area contributed by atoms with Crippen molar-refractivity contribution in [3.8, 4) is 11.5 Å². The minimum atomic E-state index is -1.58. The molecule has 2 saturated heterocycles. The molecule has 0 radical (unpaired) electrons. The summed E-state index contributed by atoms with van der Waals surface area (Å²) >= 11 is 0. The standard InChI is InChI=1S/C20H17NO9/c1-9(22)28-19(29-10(2)23)20-6-5-13(30-20)15-16(20)18(25)21(17(15)24)11-3-4-12-14(7-11)27-8-26-12/h3-7,13,15-16,19H,8H2,1-2H3. The van der Waals surface area contributed by atoms with Gasteiger partial charge in [0.2, 0.25) is 18.6 Å². The first-order valence-corrected chi connectivity index (χ1v) is 9.31. The normalized spacial score (nSPS) is 30.2. The number of anilines is 1. The fraction of sp³-hybridized carbons (Fsp3) is 0.400. The first kappa shape index (κ1) is 18.6. The van der Waals surface area contributed by atoms with Crippen LogP contribution in [0, 0.1) is 11.8 Å². The number of carbonyl (C=O) groups excluding carboxylic acids is 4. The fourth-order valence-corrected chi connectivity index (χ4v) is 4.50. The van der Waals surface area contributed by atoms with Crippen LogP contribution in [0.15, 0.2) is 30.4 Å². The topological polar surface area (TPSA) is 118 Å². The van der Waals surface area contributed by atoms with Crippen LogP contribution in [0.5, 0.6) is 11.5 Å². The van der Waals surface area contributed by atoms with E-state index in [9.17, 15) is 19.2 Å². The van der Waals surface area contributed by atoms with Gasteiger partial charge in [-0.1, -0.05) is 6.08 Å². The molecule has 2 fully saturated rings. The number of benzene rings is 1. The summed E-state index contributed by atoms with van der Waals surface area (Å²) in [6, 6.07) is 4.76. The molecule has 10 nitrogen and oxygen atoms in total. The Bertz CT molecular complexity index is 1000. The molecule has 4 heterocycles. The average Bonchev–Trinajstić information content (AvgIpc) is 3.43. The lowest BCUT2D eigenvalue weighted by Crippen LogP contribution is -2.52. The zero-order valence-electron chi connectivity index (χ0n) is 16.0. The summed E-state index contributed by atoms with van der Waals surface area (Å²) in [7, 11) is 0. The molecule has 0 N–H and O–H groups in total. The van der Waals surface area contributed by atoms with Gasteiger partial charge < -0.3 is 23.7 Å². The molecule has 4 aliphatic heterocycles. The number of hydrogen-bond donors (Lipinski definition) is 0. The lowest BCUT2D eigenvalue weighted by Gasteiger charge is -2.34. The summed E-state index contributed by atoms with van der Waals surface area (Å²) in [6.07, 6.45) is 0.940. The third-order valence-electron chi connectivity index (χ3n) is 5.61. The number of carbonyl (C=O) groups is 4. The van der Waals surface area contributed by atoms with Gasteiger partial charge in [-0.15, -0.1) is 0 Å². The third-order valence-corrected chi connectivity index (χ3v) is 5.61. The first-order valence-electron chi connectivity index (χ1n) is 9.31. The Labute approximate surface area is 170 Å². The molecule has 1 aromatic carbocycles. The maximum atomic E-state index is 13.4. The highest BCUT2D eigenvalue weighted by Crippen LogP contribution is 2.55. The van der Waals surface area contributed by atoms with Gasteiger partial charge >= 0.3 is 11.9 Å². The molecule has 5 rings (SSSR count). The van der Waals surface area contributed by atoms with Gasteiger partial charge in [-0.05, 0) is 18.2 Å². The fourth-order valence-electron chi connectivity index (χ4n) is 4.50. The number of nitrogens with zero attached hydrogens (tertiary/aromatic N) is 1. The Morgan fingerprint density at radius 2 is 1.80 bits per heavy atom. The van der Waals surface area contributed by atoms with Gasteiger partial charge in [0.15, 0.2) is 17.1 Å². The summed E-state index contributed by atoms with van der Waals surface area (Å²) in [5, 5.41) is 0. The number of rotatable bonds is 4. The molecule has 0 saturated carbocycles.